The predicted molar refractivity (Wildman–Crippen MR) is 158 cm³/mol. The van der Waals surface area contributed by atoms with Gasteiger partial charge in [0.1, 0.15) is 23.5 Å². The summed E-state index contributed by atoms with van der Waals surface area (Å²) in [5, 5.41) is 8.19. The maximum Gasteiger partial charge on any atom is 0.262 e. The molecule has 0 amide bonds. The fourth-order valence-electron chi connectivity index (χ4n) is 4.67. The lowest BCUT2D eigenvalue weighted by Gasteiger charge is -2.34. The molecule has 0 N–H and O–H groups in total. The molecule has 2 aromatic rings. The third-order valence-corrected chi connectivity index (χ3v) is 7.24. The lowest BCUT2D eigenvalue weighted by molar-refractivity contribution is -0.137. The molecule has 0 fully saturated rings. The number of hydrogen-bond acceptors (Lipinski definition) is 9. The summed E-state index contributed by atoms with van der Waals surface area (Å²) in [7, 11) is 2.90. The van der Waals surface area contributed by atoms with Crippen molar-refractivity contribution in [3.63, 3.8) is 0 Å². The first kappa shape index (κ1) is 34.2. The van der Waals surface area contributed by atoms with Gasteiger partial charge in [0.15, 0.2) is 28.9 Å². The molecule has 224 valence electrons. The highest BCUT2D eigenvalue weighted by atomic mass is 16.5. The molecule has 2 aromatic carbocycles. The van der Waals surface area contributed by atoms with E-state index in [4.69, 9.17) is 14.7 Å². The fraction of sp³-hybridized carbons (Fsp3) is 0.324. The van der Waals surface area contributed by atoms with Crippen LogP contribution < -0.4 is 0 Å². The van der Waals surface area contributed by atoms with Crippen molar-refractivity contribution in [3.05, 3.63) is 95.0 Å². The van der Waals surface area contributed by atoms with Crippen molar-refractivity contribution in [2.45, 2.75) is 41.0 Å². The number of carbonyl (C=O) groups is 6. The van der Waals surface area contributed by atoms with Gasteiger partial charge in [-0.15, -0.1) is 0 Å². The highest BCUT2D eigenvalue weighted by Gasteiger charge is 2.50. The van der Waals surface area contributed by atoms with Crippen LogP contribution in [0.1, 0.15) is 61.8 Å². The number of nitrogens with zero attached hydrogens (tertiary/aromatic N) is 1. The zero-order valence-electron chi connectivity index (χ0n) is 25.3. The molecule has 0 aromatic heterocycles. The number of ether oxygens (including phenoxy) is 2. The molecule has 0 aliphatic heterocycles. The Balaban J connectivity index is 0.000000248. The number of Topliss-reactive ketones (excluding diaryl/α,β-unsaturated/α-hetero) is 5. The summed E-state index contributed by atoms with van der Waals surface area (Å²) in [6.45, 7) is 8.47. The minimum atomic E-state index is -1.28. The van der Waals surface area contributed by atoms with Crippen molar-refractivity contribution >= 4 is 34.7 Å². The number of allylic oxidation sites excluding steroid dienone is 4. The Morgan fingerprint density at radius 3 is 1.79 bits per heavy atom. The first-order valence-corrected chi connectivity index (χ1v) is 13.4. The van der Waals surface area contributed by atoms with Gasteiger partial charge < -0.3 is 9.47 Å². The molecule has 1 atom stereocenters. The Hall–Kier alpha value is -4.97. The summed E-state index contributed by atoms with van der Waals surface area (Å²) < 4.78 is 10.2. The van der Waals surface area contributed by atoms with Crippen molar-refractivity contribution in [3.8, 4) is 6.07 Å². The molecule has 4 rings (SSSR count). The SMILES string of the molecule is COC1=C(C)C(=O)C(C(=O)c2ccccc2)C(=O)C1(C)C.COC1=CC(=O)CC(=O)C1(C)C.N#CC(=O)c1ccccc1. The fourth-order valence-corrected chi connectivity index (χ4v) is 4.67. The first-order valence-electron chi connectivity index (χ1n) is 13.4. The minimum Gasteiger partial charge on any atom is -0.500 e. The van der Waals surface area contributed by atoms with Gasteiger partial charge in [-0.05, 0) is 34.6 Å². The van der Waals surface area contributed by atoms with Gasteiger partial charge in [0.05, 0.1) is 31.5 Å². The summed E-state index contributed by atoms with van der Waals surface area (Å²) in [6, 6.07) is 18.4. The van der Waals surface area contributed by atoms with Crippen molar-refractivity contribution in [1.82, 2.24) is 0 Å². The maximum absolute atomic E-state index is 12.6. The molecule has 0 spiro atoms. The van der Waals surface area contributed by atoms with Gasteiger partial charge >= 0.3 is 0 Å². The zero-order chi connectivity index (χ0) is 32.5. The Bertz CT molecular complexity index is 1520. The van der Waals surface area contributed by atoms with Crippen LogP contribution in [0.25, 0.3) is 0 Å². The van der Waals surface area contributed by atoms with Crippen molar-refractivity contribution in [2.24, 2.45) is 16.7 Å². The van der Waals surface area contributed by atoms with Crippen LogP contribution in [-0.2, 0) is 28.7 Å². The molecule has 0 saturated carbocycles. The third kappa shape index (κ3) is 7.66. The van der Waals surface area contributed by atoms with Gasteiger partial charge in [0, 0.05) is 22.8 Å². The molecule has 0 bridgehead atoms. The number of methoxy groups -OCH3 is 2. The van der Waals surface area contributed by atoms with Gasteiger partial charge in [-0.25, -0.2) is 0 Å². The number of ketones is 6. The lowest BCUT2D eigenvalue weighted by atomic mass is 9.68. The first-order chi connectivity index (χ1) is 20.1. The van der Waals surface area contributed by atoms with E-state index in [1.54, 1.807) is 101 Å². The Morgan fingerprint density at radius 2 is 1.33 bits per heavy atom. The summed E-state index contributed by atoms with van der Waals surface area (Å²) in [4.78, 5) is 70.6. The Morgan fingerprint density at radius 1 is 0.814 bits per heavy atom. The molecule has 0 radical (unpaired) electrons. The van der Waals surface area contributed by atoms with E-state index in [0.717, 1.165) is 0 Å². The molecule has 9 nitrogen and oxygen atoms in total. The second kappa shape index (κ2) is 14.3. The van der Waals surface area contributed by atoms with Gasteiger partial charge in [0.2, 0.25) is 0 Å². The van der Waals surface area contributed by atoms with E-state index in [-0.39, 0.29) is 18.0 Å². The number of hydrogen-bond donors (Lipinski definition) is 0. The van der Waals surface area contributed by atoms with E-state index in [1.165, 1.54) is 20.3 Å². The van der Waals surface area contributed by atoms with Gasteiger partial charge in [-0.2, -0.15) is 5.26 Å². The Labute approximate surface area is 251 Å². The van der Waals surface area contributed by atoms with Crippen molar-refractivity contribution in [2.75, 3.05) is 14.2 Å². The largest absolute Gasteiger partial charge is 0.500 e. The molecule has 0 saturated heterocycles. The topological polar surface area (TPSA) is 145 Å². The summed E-state index contributed by atoms with van der Waals surface area (Å²) >= 11 is 0. The molecule has 1 unspecified atom stereocenters. The lowest BCUT2D eigenvalue weighted by Crippen LogP contribution is -2.46. The van der Waals surface area contributed by atoms with E-state index in [9.17, 15) is 28.8 Å². The zero-order valence-corrected chi connectivity index (χ0v) is 25.3. The second-order valence-corrected chi connectivity index (χ2v) is 10.9. The van der Waals surface area contributed by atoms with Crippen LogP contribution in [0.15, 0.2) is 83.8 Å². The summed E-state index contributed by atoms with van der Waals surface area (Å²) in [6.07, 6.45) is 1.40. The van der Waals surface area contributed by atoms with Gasteiger partial charge in [0.25, 0.3) is 5.78 Å². The molecule has 43 heavy (non-hydrogen) atoms. The number of carbonyl (C=O) groups excluding carboxylic acids is 6. The monoisotopic (exact) mass is 585 g/mol. The van der Waals surface area contributed by atoms with Crippen LogP contribution in [0.2, 0.25) is 0 Å². The van der Waals surface area contributed by atoms with E-state index >= 15 is 0 Å². The maximum atomic E-state index is 12.6. The van der Waals surface area contributed by atoms with Crippen LogP contribution in [0, 0.1) is 28.1 Å². The van der Waals surface area contributed by atoms with E-state index < -0.39 is 39.9 Å². The summed E-state index contributed by atoms with van der Waals surface area (Å²) in [5.74, 6) is -2.54. The van der Waals surface area contributed by atoms with Crippen LogP contribution in [0.3, 0.4) is 0 Å². The number of benzene rings is 2. The van der Waals surface area contributed by atoms with Crippen LogP contribution in [-0.4, -0.2) is 48.9 Å². The van der Waals surface area contributed by atoms with E-state index in [1.807, 2.05) is 0 Å². The predicted octanol–water partition coefficient (Wildman–Crippen LogP) is 5.06. The standard InChI is InChI=1S/C17H18O4.C9H12O3.C8H5NO/c1-10-13(18)12(14(19)11-8-6-5-7-9-11)15(20)17(2,3)16(10)21-4;1-9(2)7(11)4-6(10)5-8(9)12-3;9-6-8(10)7-4-2-1-3-5-7/h5-9,12H,1-4H3;5H,4H2,1-3H3;1-5H. The quantitative estimate of drug-likeness (QED) is 0.267. The van der Waals surface area contributed by atoms with Crippen molar-refractivity contribution in [1.29, 1.82) is 5.26 Å². The second-order valence-electron chi connectivity index (χ2n) is 10.9. The molecular formula is C34H35NO8. The van der Waals surface area contributed by atoms with E-state index in [0.29, 0.717) is 28.2 Å². The number of nitriles is 1. The molecule has 9 heteroatoms. The summed E-state index contributed by atoms with van der Waals surface area (Å²) in [5.41, 5.74) is -0.458. The molecule has 0 heterocycles. The van der Waals surface area contributed by atoms with Crippen molar-refractivity contribution < 1.29 is 38.2 Å². The highest BCUT2D eigenvalue weighted by molar-refractivity contribution is 6.30. The minimum absolute atomic E-state index is 0.000139. The smallest absolute Gasteiger partial charge is 0.262 e. The Kier molecular flexibility index (Phi) is 11.4. The van der Waals surface area contributed by atoms with Crippen LogP contribution in [0.4, 0.5) is 0 Å². The average molecular weight is 586 g/mol. The molecule has 2 aliphatic rings. The third-order valence-electron chi connectivity index (χ3n) is 7.24. The van der Waals surface area contributed by atoms with Crippen LogP contribution >= 0.6 is 0 Å². The average Bonchev–Trinajstić information content (AvgIpc) is 2.99. The van der Waals surface area contributed by atoms with E-state index in [2.05, 4.69) is 0 Å². The number of rotatable bonds is 5. The highest BCUT2D eigenvalue weighted by Crippen LogP contribution is 2.40. The normalized spacial score (nSPS) is 18.6. The van der Waals surface area contributed by atoms with Crippen LogP contribution in [0.5, 0.6) is 0 Å². The van der Waals surface area contributed by atoms with Gasteiger partial charge in [-0.1, -0.05) is 60.7 Å². The van der Waals surface area contributed by atoms with Gasteiger partial charge in [-0.3, -0.25) is 28.8 Å². The molecular weight excluding hydrogens is 550 g/mol. The molecule has 2 aliphatic carbocycles.